The third kappa shape index (κ3) is 3.12. The summed E-state index contributed by atoms with van der Waals surface area (Å²) in [5.41, 5.74) is 0.453. The van der Waals surface area contributed by atoms with Gasteiger partial charge in [0.25, 0.3) is 0 Å². The first kappa shape index (κ1) is 13.5. The molecule has 0 saturated heterocycles. The normalized spacial score (nSPS) is 13.7. The fraction of sp³-hybridized carbons (Fsp3) is 0.429. The van der Waals surface area contributed by atoms with E-state index in [1.54, 1.807) is 18.2 Å². The summed E-state index contributed by atoms with van der Waals surface area (Å²) in [5, 5.41) is 10.2. The molecule has 3 N–H and O–H groups in total. The Morgan fingerprint density at radius 2 is 1.68 bits per heavy atom. The fourth-order valence-corrected chi connectivity index (χ4v) is 2.04. The van der Waals surface area contributed by atoms with E-state index >= 15 is 0 Å². The second-order valence-corrected chi connectivity index (χ2v) is 5.99. The number of aliphatic hydroxyl groups is 1. The molecule has 0 radical (unpaired) electrons. The summed E-state index contributed by atoms with van der Waals surface area (Å²) in [6, 6.07) is 5.14. The van der Waals surface area contributed by atoms with Crippen molar-refractivity contribution in [3.05, 3.63) is 44.5 Å². The minimum absolute atomic E-state index is 0.00673. The van der Waals surface area contributed by atoms with Crippen LogP contribution in [0.15, 0.2) is 27.8 Å². The van der Waals surface area contributed by atoms with Gasteiger partial charge in [-0.2, -0.15) is 0 Å². The summed E-state index contributed by atoms with van der Waals surface area (Å²) in [7, 11) is 0. The molecule has 5 heteroatoms. The monoisotopic (exact) mass is 262 g/mol. The standard InChI is InChI=1S/C14H18N2O3/c1-14(2,3)7-11(17)8-4-5-9-10(6-8)16-13(19)12(18)15-9/h4-6,11,17H,7H2,1-3H3,(H,15,18)(H,16,19). The second kappa shape index (κ2) is 4.66. The van der Waals surface area contributed by atoms with Crippen LogP contribution >= 0.6 is 0 Å². The molecule has 0 aliphatic carbocycles. The van der Waals surface area contributed by atoms with Crippen molar-refractivity contribution in [3.63, 3.8) is 0 Å². The number of hydrogen-bond donors (Lipinski definition) is 3. The minimum Gasteiger partial charge on any atom is -0.388 e. The van der Waals surface area contributed by atoms with Gasteiger partial charge >= 0.3 is 11.1 Å². The highest BCUT2D eigenvalue weighted by atomic mass is 16.3. The number of aromatic nitrogens is 2. The van der Waals surface area contributed by atoms with Gasteiger partial charge in [-0.3, -0.25) is 9.59 Å². The van der Waals surface area contributed by atoms with Gasteiger partial charge in [0, 0.05) is 0 Å². The first-order valence-electron chi connectivity index (χ1n) is 6.20. The number of nitrogens with one attached hydrogen (secondary N) is 2. The van der Waals surface area contributed by atoms with E-state index in [1.165, 1.54) is 0 Å². The molecular weight excluding hydrogens is 244 g/mol. The number of H-pyrrole nitrogens is 2. The maximum Gasteiger partial charge on any atom is 0.314 e. The summed E-state index contributed by atoms with van der Waals surface area (Å²) in [6.45, 7) is 6.16. The number of benzene rings is 1. The molecule has 1 atom stereocenters. The lowest BCUT2D eigenvalue weighted by Crippen LogP contribution is -2.28. The van der Waals surface area contributed by atoms with Gasteiger partial charge in [-0.1, -0.05) is 26.8 Å². The van der Waals surface area contributed by atoms with Crippen LogP contribution in [0.3, 0.4) is 0 Å². The van der Waals surface area contributed by atoms with Gasteiger partial charge in [0.15, 0.2) is 0 Å². The van der Waals surface area contributed by atoms with Gasteiger partial charge in [0.1, 0.15) is 0 Å². The predicted molar refractivity (Wildman–Crippen MR) is 74.2 cm³/mol. The van der Waals surface area contributed by atoms with Crippen molar-refractivity contribution in [3.8, 4) is 0 Å². The topological polar surface area (TPSA) is 85.9 Å². The van der Waals surface area contributed by atoms with E-state index in [1.807, 2.05) is 0 Å². The molecule has 1 aromatic heterocycles. The molecule has 0 aliphatic rings. The van der Waals surface area contributed by atoms with Crippen LogP contribution < -0.4 is 11.1 Å². The van der Waals surface area contributed by atoms with Crippen molar-refractivity contribution < 1.29 is 5.11 Å². The zero-order valence-electron chi connectivity index (χ0n) is 11.3. The molecule has 5 nitrogen and oxygen atoms in total. The van der Waals surface area contributed by atoms with E-state index in [-0.39, 0.29) is 5.41 Å². The smallest absolute Gasteiger partial charge is 0.314 e. The Labute approximate surface area is 110 Å². The summed E-state index contributed by atoms with van der Waals surface area (Å²) >= 11 is 0. The predicted octanol–water partition coefficient (Wildman–Crippen LogP) is 1.69. The molecule has 0 aliphatic heterocycles. The molecule has 102 valence electrons. The molecule has 0 fully saturated rings. The van der Waals surface area contributed by atoms with Crippen molar-refractivity contribution in [1.82, 2.24) is 9.97 Å². The van der Waals surface area contributed by atoms with Crippen molar-refractivity contribution in [2.24, 2.45) is 5.41 Å². The SMILES string of the molecule is CC(C)(C)CC(O)c1ccc2[nH]c(=O)c(=O)[nH]c2c1. The van der Waals surface area contributed by atoms with Crippen LogP contribution in [0.4, 0.5) is 0 Å². The van der Waals surface area contributed by atoms with Gasteiger partial charge in [0.2, 0.25) is 0 Å². The van der Waals surface area contributed by atoms with Crippen LogP contribution in [0.5, 0.6) is 0 Å². The molecule has 0 amide bonds. The number of fused-ring (bicyclic) bond motifs is 1. The first-order valence-corrected chi connectivity index (χ1v) is 6.20. The third-order valence-corrected chi connectivity index (χ3v) is 2.94. The fourth-order valence-electron chi connectivity index (χ4n) is 2.04. The molecule has 2 rings (SSSR count). The average Bonchev–Trinajstić information content (AvgIpc) is 2.27. The Morgan fingerprint density at radius 3 is 2.26 bits per heavy atom. The molecule has 1 heterocycles. The highest BCUT2D eigenvalue weighted by Crippen LogP contribution is 2.29. The Bertz CT molecular complexity index is 707. The lowest BCUT2D eigenvalue weighted by atomic mass is 9.87. The van der Waals surface area contributed by atoms with Crippen LogP contribution in [0, 0.1) is 5.41 Å². The average molecular weight is 262 g/mol. The highest BCUT2D eigenvalue weighted by molar-refractivity contribution is 5.74. The van der Waals surface area contributed by atoms with E-state index in [0.717, 1.165) is 5.56 Å². The Balaban J connectivity index is 2.44. The Hall–Kier alpha value is -1.88. The maximum absolute atomic E-state index is 11.3. The molecule has 19 heavy (non-hydrogen) atoms. The molecule has 1 unspecified atom stereocenters. The van der Waals surface area contributed by atoms with E-state index in [2.05, 4.69) is 30.7 Å². The van der Waals surface area contributed by atoms with Gasteiger partial charge < -0.3 is 15.1 Å². The van der Waals surface area contributed by atoms with Crippen molar-refractivity contribution in [2.75, 3.05) is 0 Å². The largest absolute Gasteiger partial charge is 0.388 e. The third-order valence-electron chi connectivity index (χ3n) is 2.94. The van der Waals surface area contributed by atoms with Crippen molar-refractivity contribution in [1.29, 1.82) is 0 Å². The minimum atomic E-state index is -0.685. The summed E-state index contributed by atoms with van der Waals surface area (Å²) in [5.74, 6) is 0. The summed E-state index contributed by atoms with van der Waals surface area (Å²) < 4.78 is 0. The number of aliphatic hydroxyl groups excluding tert-OH is 1. The van der Waals surface area contributed by atoms with Crippen LogP contribution in [0.1, 0.15) is 38.9 Å². The van der Waals surface area contributed by atoms with E-state index in [9.17, 15) is 14.7 Å². The molecular formula is C14H18N2O3. The number of rotatable bonds is 2. The van der Waals surface area contributed by atoms with Gasteiger partial charge in [-0.05, 0) is 29.5 Å². The molecule has 0 bridgehead atoms. The number of hydrogen-bond acceptors (Lipinski definition) is 3. The lowest BCUT2D eigenvalue weighted by Gasteiger charge is -2.22. The molecule has 0 saturated carbocycles. The molecule has 2 aromatic rings. The first-order chi connectivity index (χ1) is 8.76. The Morgan fingerprint density at radius 1 is 1.11 bits per heavy atom. The highest BCUT2D eigenvalue weighted by Gasteiger charge is 2.18. The van der Waals surface area contributed by atoms with Crippen LogP contribution in [0.25, 0.3) is 11.0 Å². The quantitative estimate of drug-likeness (QED) is 0.720. The van der Waals surface area contributed by atoms with Crippen LogP contribution in [0.2, 0.25) is 0 Å². The molecule has 0 spiro atoms. The van der Waals surface area contributed by atoms with Gasteiger partial charge in [0.05, 0.1) is 17.1 Å². The van der Waals surface area contributed by atoms with Crippen LogP contribution in [-0.2, 0) is 0 Å². The second-order valence-electron chi connectivity index (χ2n) is 5.99. The van der Waals surface area contributed by atoms with Gasteiger partial charge in [-0.15, -0.1) is 0 Å². The van der Waals surface area contributed by atoms with Crippen molar-refractivity contribution in [2.45, 2.75) is 33.3 Å². The zero-order valence-corrected chi connectivity index (χ0v) is 11.3. The van der Waals surface area contributed by atoms with E-state index < -0.39 is 17.2 Å². The maximum atomic E-state index is 11.3. The van der Waals surface area contributed by atoms with Gasteiger partial charge in [-0.25, -0.2) is 0 Å². The van der Waals surface area contributed by atoms with Crippen molar-refractivity contribution >= 4 is 11.0 Å². The summed E-state index contributed by atoms with van der Waals surface area (Å²) in [6.07, 6.45) is 0.0198. The lowest BCUT2D eigenvalue weighted by molar-refractivity contribution is 0.122. The molecule has 1 aromatic carbocycles. The summed E-state index contributed by atoms with van der Waals surface area (Å²) in [4.78, 5) is 27.5. The van der Waals surface area contributed by atoms with E-state index in [0.29, 0.717) is 17.5 Å². The number of aromatic amines is 2. The van der Waals surface area contributed by atoms with Crippen LogP contribution in [-0.4, -0.2) is 15.1 Å². The van der Waals surface area contributed by atoms with E-state index in [4.69, 9.17) is 0 Å². The zero-order chi connectivity index (χ0) is 14.2. The Kier molecular flexibility index (Phi) is 3.32.